The van der Waals surface area contributed by atoms with E-state index in [1.54, 1.807) is 0 Å². The number of aromatic nitrogens is 2. The van der Waals surface area contributed by atoms with Crippen LogP contribution in [0, 0.1) is 6.92 Å². The molecule has 0 unspecified atom stereocenters. The van der Waals surface area contributed by atoms with Gasteiger partial charge < -0.3 is 14.6 Å². The fourth-order valence-electron chi connectivity index (χ4n) is 3.55. The Morgan fingerprint density at radius 1 is 0.935 bits per heavy atom. The Morgan fingerprint density at radius 3 is 2.48 bits per heavy atom. The lowest BCUT2D eigenvalue weighted by Crippen LogP contribution is -2.24. The van der Waals surface area contributed by atoms with Crippen LogP contribution in [0.5, 0.6) is 5.75 Å². The van der Waals surface area contributed by atoms with Crippen LogP contribution >= 0.6 is 0 Å². The molecule has 1 aromatic heterocycles. The molecule has 0 saturated carbocycles. The van der Waals surface area contributed by atoms with Crippen LogP contribution in [0.15, 0.2) is 78.9 Å². The molecule has 3 aromatic carbocycles. The predicted octanol–water partition coefficient (Wildman–Crippen LogP) is 5.13. The molecule has 0 fully saturated rings. The average Bonchev–Trinajstić information content (AvgIpc) is 3.16. The second-order valence-electron chi connectivity index (χ2n) is 7.59. The third-order valence-electron chi connectivity index (χ3n) is 5.24. The molecular formula is C26H27N3O2. The highest BCUT2D eigenvalue weighted by atomic mass is 16.5. The van der Waals surface area contributed by atoms with Crippen LogP contribution < -0.4 is 10.1 Å². The van der Waals surface area contributed by atoms with Gasteiger partial charge in [0.15, 0.2) is 0 Å². The summed E-state index contributed by atoms with van der Waals surface area (Å²) in [5, 5.41) is 3.01. The molecule has 1 heterocycles. The van der Waals surface area contributed by atoms with Gasteiger partial charge in [-0.3, -0.25) is 4.79 Å². The molecule has 5 heteroatoms. The summed E-state index contributed by atoms with van der Waals surface area (Å²) in [5.74, 6) is 1.68. The van der Waals surface area contributed by atoms with Gasteiger partial charge in [0.25, 0.3) is 5.91 Å². The topological polar surface area (TPSA) is 56.2 Å². The Kier molecular flexibility index (Phi) is 6.62. The van der Waals surface area contributed by atoms with Gasteiger partial charge in [0.1, 0.15) is 11.6 Å². The van der Waals surface area contributed by atoms with Gasteiger partial charge in [-0.05, 0) is 56.2 Å². The van der Waals surface area contributed by atoms with Crippen molar-refractivity contribution in [2.45, 2.75) is 32.9 Å². The van der Waals surface area contributed by atoms with E-state index >= 15 is 0 Å². The zero-order valence-electron chi connectivity index (χ0n) is 17.8. The first-order chi connectivity index (χ1) is 15.2. The number of hydrogen-bond acceptors (Lipinski definition) is 3. The van der Waals surface area contributed by atoms with Crippen molar-refractivity contribution in [2.24, 2.45) is 0 Å². The summed E-state index contributed by atoms with van der Waals surface area (Å²) >= 11 is 0. The number of nitrogens with one attached hydrogen (secondary N) is 1. The van der Waals surface area contributed by atoms with Gasteiger partial charge in [0.2, 0.25) is 0 Å². The number of rotatable bonds is 9. The van der Waals surface area contributed by atoms with E-state index < -0.39 is 0 Å². The molecule has 1 N–H and O–H groups in total. The summed E-state index contributed by atoms with van der Waals surface area (Å²) in [6.07, 6.45) is 1.91. The molecule has 4 rings (SSSR count). The first-order valence-electron chi connectivity index (χ1n) is 10.7. The summed E-state index contributed by atoms with van der Waals surface area (Å²) < 4.78 is 8.00. The van der Waals surface area contributed by atoms with Crippen LogP contribution in [0.3, 0.4) is 0 Å². The maximum atomic E-state index is 12.5. The van der Waals surface area contributed by atoms with Gasteiger partial charge in [-0.2, -0.15) is 0 Å². The lowest BCUT2D eigenvalue weighted by Gasteiger charge is -2.11. The van der Waals surface area contributed by atoms with E-state index in [0.29, 0.717) is 18.7 Å². The smallest absolute Gasteiger partial charge is 0.251 e. The number of carbonyl (C=O) groups excluding carboxylic acids is 1. The number of hydrogen-bond donors (Lipinski definition) is 1. The van der Waals surface area contributed by atoms with Gasteiger partial charge in [-0.1, -0.05) is 48.0 Å². The summed E-state index contributed by atoms with van der Waals surface area (Å²) in [5.41, 5.74) is 3.83. The highest BCUT2D eigenvalue weighted by Crippen LogP contribution is 2.17. The minimum Gasteiger partial charge on any atom is -0.494 e. The summed E-state index contributed by atoms with van der Waals surface area (Å²) in [6, 6.07) is 25.6. The number of aryl methyl sites for hydroxylation is 2. The van der Waals surface area contributed by atoms with E-state index in [1.165, 1.54) is 0 Å². The van der Waals surface area contributed by atoms with Gasteiger partial charge >= 0.3 is 0 Å². The number of imidazole rings is 1. The summed E-state index contributed by atoms with van der Waals surface area (Å²) in [4.78, 5) is 17.3. The van der Waals surface area contributed by atoms with Crippen molar-refractivity contribution in [1.82, 2.24) is 14.9 Å². The fourth-order valence-corrected chi connectivity index (χ4v) is 3.55. The molecule has 5 nitrogen and oxygen atoms in total. The van der Waals surface area contributed by atoms with Crippen LogP contribution in [0.4, 0.5) is 0 Å². The standard InChI is InChI=1S/C26H27N3O2/c1-20-13-15-21(16-14-20)26(30)27-19-25-28-23-11-5-6-12-24(23)29(25)17-7-8-18-31-22-9-3-2-4-10-22/h2-6,9-16H,7-8,17-19H2,1H3,(H,27,30). The minimum atomic E-state index is -0.0881. The Balaban J connectivity index is 1.38. The number of unbranched alkanes of at least 4 members (excludes halogenated alkanes) is 1. The molecular weight excluding hydrogens is 386 g/mol. The molecule has 0 spiro atoms. The molecule has 0 radical (unpaired) electrons. The van der Waals surface area contributed by atoms with Crippen molar-refractivity contribution in [2.75, 3.05) is 6.61 Å². The Labute approximate surface area is 182 Å². The molecule has 0 atom stereocenters. The number of benzene rings is 3. The average molecular weight is 414 g/mol. The van der Waals surface area contributed by atoms with E-state index in [1.807, 2.05) is 79.7 Å². The maximum absolute atomic E-state index is 12.5. The molecule has 0 aliphatic carbocycles. The largest absolute Gasteiger partial charge is 0.494 e. The van der Waals surface area contributed by atoms with Crippen LogP contribution in [-0.2, 0) is 13.1 Å². The summed E-state index contributed by atoms with van der Waals surface area (Å²) in [7, 11) is 0. The molecule has 158 valence electrons. The monoisotopic (exact) mass is 413 g/mol. The minimum absolute atomic E-state index is 0.0881. The lowest BCUT2D eigenvalue weighted by molar-refractivity contribution is 0.0949. The quantitative estimate of drug-likeness (QED) is 0.387. The number of para-hydroxylation sites is 3. The van der Waals surface area contributed by atoms with Gasteiger partial charge in [0.05, 0.1) is 24.2 Å². The fraction of sp³-hybridized carbons (Fsp3) is 0.231. The Hall–Kier alpha value is -3.60. The number of nitrogens with zero attached hydrogens (tertiary/aromatic N) is 2. The van der Waals surface area contributed by atoms with Gasteiger partial charge in [-0.25, -0.2) is 4.98 Å². The van der Waals surface area contributed by atoms with E-state index in [9.17, 15) is 4.79 Å². The van der Waals surface area contributed by atoms with Crippen molar-refractivity contribution in [3.05, 3.63) is 95.8 Å². The highest BCUT2D eigenvalue weighted by Gasteiger charge is 2.12. The zero-order chi connectivity index (χ0) is 21.5. The van der Waals surface area contributed by atoms with Gasteiger partial charge in [-0.15, -0.1) is 0 Å². The normalized spacial score (nSPS) is 10.9. The molecule has 31 heavy (non-hydrogen) atoms. The predicted molar refractivity (Wildman–Crippen MR) is 123 cm³/mol. The van der Waals surface area contributed by atoms with Crippen LogP contribution in [0.2, 0.25) is 0 Å². The first-order valence-corrected chi connectivity index (χ1v) is 10.7. The van der Waals surface area contributed by atoms with E-state index in [4.69, 9.17) is 9.72 Å². The maximum Gasteiger partial charge on any atom is 0.251 e. The van der Waals surface area contributed by atoms with Crippen LogP contribution in [0.1, 0.15) is 34.6 Å². The molecule has 4 aromatic rings. The highest BCUT2D eigenvalue weighted by molar-refractivity contribution is 5.94. The number of ether oxygens (including phenoxy) is 1. The Morgan fingerprint density at radius 2 is 1.68 bits per heavy atom. The van der Waals surface area contributed by atoms with Crippen molar-refractivity contribution >= 4 is 16.9 Å². The van der Waals surface area contributed by atoms with Crippen molar-refractivity contribution < 1.29 is 9.53 Å². The molecule has 0 aliphatic heterocycles. The third-order valence-corrected chi connectivity index (χ3v) is 5.24. The lowest BCUT2D eigenvalue weighted by atomic mass is 10.1. The number of carbonyl (C=O) groups is 1. The second-order valence-corrected chi connectivity index (χ2v) is 7.59. The van der Waals surface area contributed by atoms with Crippen molar-refractivity contribution in [1.29, 1.82) is 0 Å². The first kappa shape index (κ1) is 20.7. The number of amides is 1. The number of fused-ring (bicyclic) bond motifs is 1. The van der Waals surface area contributed by atoms with E-state index in [2.05, 4.69) is 16.0 Å². The summed E-state index contributed by atoms with van der Waals surface area (Å²) in [6.45, 7) is 3.90. The second kappa shape index (κ2) is 9.94. The third kappa shape index (κ3) is 5.31. The Bertz CT molecular complexity index is 1130. The SMILES string of the molecule is Cc1ccc(C(=O)NCc2nc3ccccc3n2CCCCOc2ccccc2)cc1. The zero-order valence-corrected chi connectivity index (χ0v) is 17.8. The van der Waals surface area contributed by atoms with Crippen LogP contribution in [-0.4, -0.2) is 22.1 Å². The van der Waals surface area contributed by atoms with E-state index in [-0.39, 0.29) is 5.91 Å². The van der Waals surface area contributed by atoms with Crippen LogP contribution in [0.25, 0.3) is 11.0 Å². The molecule has 0 aliphatic rings. The molecule has 0 bridgehead atoms. The van der Waals surface area contributed by atoms with Crippen molar-refractivity contribution in [3.8, 4) is 5.75 Å². The van der Waals surface area contributed by atoms with Gasteiger partial charge in [0, 0.05) is 12.1 Å². The van der Waals surface area contributed by atoms with Crippen molar-refractivity contribution in [3.63, 3.8) is 0 Å². The molecule has 1 amide bonds. The van der Waals surface area contributed by atoms with E-state index in [0.717, 1.165) is 47.6 Å². The molecule has 0 saturated heterocycles.